The van der Waals surface area contributed by atoms with Crippen LogP contribution in [0.3, 0.4) is 0 Å². The fraction of sp³-hybridized carbons (Fsp3) is 0.478. The first-order valence-electron chi connectivity index (χ1n) is 11.0. The molecule has 1 aromatic carbocycles. The molecule has 3 aromatic rings. The van der Waals surface area contributed by atoms with Crippen molar-refractivity contribution in [3.63, 3.8) is 0 Å². The molecule has 7 nitrogen and oxygen atoms in total. The fourth-order valence-electron chi connectivity index (χ4n) is 4.43. The van der Waals surface area contributed by atoms with Crippen molar-refractivity contribution in [2.24, 2.45) is 0 Å². The zero-order chi connectivity index (χ0) is 21.4. The molecule has 164 valence electrons. The van der Waals surface area contributed by atoms with Crippen LogP contribution in [0.1, 0.15) is 47.1 Å². The molecule has 31 heavy (non-hydrogen) atoms. The van der Waals surface area contributed by atoms with Crippen molar-refractivity contribution in [1.29, 1.82) is 0 Å². The lowest BCUT2D eigenvalue weighted by Crippen LogP contribution is -2.35. The van der Waals surface area contributed by atoms with E-state index in [1.54, 1.807) is 0 Å². The number of ether oxygens (including phenoxy) is 1. The zero-order valence-corrected chi connectivity index (χ0v) is 18.5. The predicted octanol–water partition coefficient (Wildman–Crippen LogP) is 3.97. The molecular weight excluding hydrogens is 412 g/mol. The minimum Gasteiger partial charge on any atom is -0.393 e. The van der Waals surface area contributed by atoms with Crippen molar-refractivity contribution in [3.05, 3.63) is 40.9 Å². The van der Waals surface area contributed by atoms with E-state index in [1.807, 2.05) is 37.3 Å². The van der Waals surface area contributed by atoms with Gasteiger partial charge in [0.1, 0.15) is 4.83 Å². The zero-order valence-electron chi connectivity index (χ0n) is 17.7. The largest absolute Gasteiger partial charge is 0.393 e. The monoisotopic (exact) mass is 440 g/mol. The molecule has 0 atom stereocenters. The fourth-order valence-corrected chi connectivity index (χ4v) is 5.56. The first-order chi connectivity index (χ1) is 15.1. The second kappa shape index (κ2) is 8.61. The van der Waals surface area contributed by atoms with Gasteiger partial charge in [0, 0.05) is 43.1 Å². The van der Waals surface area contributed by atoms with E-state index in [2.05, 4.69) is 14.9 Å². The number of hydrogen-bond acceptors (Lipinski definition) is 6. The van der Waals surface area contributed by atoms with Gasteiger partial charge < -0.3 is 20.1 Å². The number of anilines is 2. The number of piperidine rings is 1. The summed E-state index contributed by atoms with van der Waals surface area (Å²) in [6, 6.07) is 10.3. The van der Waals surface area contributed by atoms with E-state index in [0.29, 0.717) is 10.9 Å². The lowest BCUT2D eigenvalue weighted by atomic mass is 10.1. The van der Waals surface area contributed by atoms with Gasteiger partial charge in [-0.05, 0) is 62.9 Å². The number of carbonyl (C=O) groups is 1. The summed E-state index contributed by atoms with van der Waals surface area (Å²) >= 11 is 1.51. The van der Waals surface area contributed by atoms with Crippen molar-refractivity contribution in [2.45, 2.75) is 44.8 Å². The number of nitrogens with zero attached hydrogens (tertiary/aromatic N) is 3. The Morgan fingerprint density at radius 2 is 1.87 bits per heavy atom. The summed E-state index contributed by atoms with van der Waals surface area (Å²) in [4.78, 5) is 17.0. The van der Waals surface area contributed by atoms with Crippen molar-refractivity contribution in [1.82, 2.24) is 9.78 Å². The molecule has 5 rings (SSSR count). The molecule has 0 saturated carbocycles. The molecule has 0 unspecified atom stereocenters. The highest BCUT2D eigenvalue weighted by molar-refractivity contribution is 7.20. The molecule has 2 saturated heterocycles. The maximum atomic E-state index is 12.9. The molecular formula is C23H28N4O3S. The van der Waals surface area contributed by atoms with E-state index in [0.717, 1.165) is 79.3 Å². The van der Waals surface area contributed by atoms with Gasteiger partial charge in [-0.1, -0.05) is 0 Å². The number of thiophene rings is 1. The van der Waals surface area contributed by atoms with Crippen LogP contribution in [-0.2, 0) is 4.74 Å². The minimum atomic E-state index is -0.182. The average Bonchev–Trinajstić information content (AvgIpc) is 3.36. The van der Waals surface area contributed by atoms with E-state index >= 15 is 0 Å². The Kier molecular flexibility index (Phi) is 5.69. The lowest BCUT2D eigenvalue weighted by Gasteiger charge is -2.31. The second-order valence-electron chi connectivity index (χ2n) is 8.42. The van der Waals surface area contributed by atoms with Crippen LogP contribution in [0.4, 0.5) is 11.4 Å². The average molecular weight is 441 g/mol. The quantitative estimate of drug-likeness (QED) is 0.642. The lowest BCUT2D eigenvalue weighted by molar-refractivity contribution is 0.0675. The number of aryl methyl sites for hydroxylation is 1. The Labute approximate surface area is 185 Å². The molecule has 0 spiro atoms. The van der Waals surface area contributed by atoms with Gasteiger partial charge in [-0.15, -0.1) is 11.3 Å². The van der Waals surface area contributed by atoms with Gasteiger partial charge in [0.25, 0.3) is 5.91 Å². The molecule has 2 aromatic heterocycles. The number of aliphatic hydroxyl groups excluding tert-OH is 1. The maximum Gasteiger partial charge on any atom is 0.265 e. The van der Waals surface area contributed by atoms with Gasteiger partial charge in [0.15, 0.2) is 0 Å². The summed E-state index contributed by atoms with van der Waals surface area (Å²) < 4.78 is 7.58. The normalized spacial score (nSPS) is 18.6. The molecule has 0 radical (unpaired) electrons. The summed E-state index contributed by atoms with van der Waals surface area (Å²) in [5.74, 6) is -0.0898. The van der Waals surface area contributed by atoms with E-state index < -0.39 is 0 Å². The smallest absolute Gasteiger partial charge is 0.265 e. The van der Waals surface area contributed by atoms with Crippen LogP contribution >= 0.6 is 11.3 Å². The molecule has 2 aliphatic heterocycles. The Balaban J connectivity index is 1.30. The SMILES string of the molecule is Cc1nn(C2CCOCC2)c2sc(C(=O)Nc3ccc(N4CCC(O)CC4)cc3)cc12. The highest BCUT2D eigenvalue weighted by atomic mass is 32.1. The molecule has 4 heterocycles. The van der Waals surface area contributed by atoms with Crippen LogP contribution in [0.15, 0.2) is 30.3 Å². The van der Waals surface area contributed by atoms with Crippen molar-refractivity contribution in [3.8, 4) is 0 Å². The molecule has 2 N–H and O–H groups in total. The van der Waals surface area contributed by atoms with E-state index in [1.165, 1.54) is 11.3 Å². The molecule has 0 aliphatic carbocycles. The third-order valence-corrected chi connectivity index (χ3v) is 7.41. The van der Waals surface area contributed by atoms with Crippen LogP contribution < -0.4 is 10.2 Å². The van der Waals surface area contributed by atoms with Crippen LogP contribution in [0, 0.1) is 6.92 Å². The molecule has 1 amide bonds. The Hall–Kier alpha value is -2.42. The van der Waals surface area contributed by atoms with Gasteiger partial charge >= 0.3 is 0 Å². The Morgan fingerprint density at radius 3 is 2.58 bits per heavy atom. The first-order valence-corrected chi connectivity index (χ1v) is 11.8. The van der Waals surface area contributed by atoms with Gasteiger partial charge in [0.2, 0.25) is 0 Å². The summed E-state index contributed by atoms with van der Waals surface area (Å²) in [6.45, 7) is 5.25. The van der Waals surface area contributed by atoms with Crippen molar-refractivity contribution >= 4 is 38.8 Å². The van der Waals surface area contributed by atoms with Gasteiger partial charge in [-0.3, -0.25) is 9.48 Å². The van der Waals surface area contributed by atoms with Crippen LogP contribution in [0.2, 0.25) is 0 Å². The highest BCUT2D eigenvalue weighted by Gasteiger charge is 2.23. The number of benzene rings is 1. The Bertz CT molecular complexity index is 1060. The number of hydrogen-bond donors (Lipinski definition) is 2. The Morgan fingerprint density at radius 1 is 1.16 bits per heavy atom. The summed E-state index contributed by atoms with van der Waals surface area (Å²) in [6.07, 6.45) is 3.33. The minimum absolute atomic E-state index is 0.0898. The summed E-state index contributed by atoms with van der Waals surface area (Å²) in [5.41, 5.74) is 2.87. The number of fused-ring (bicyclic) bond motifs is 1. The molecule has 0 bridgehead atoms. The van der Waals surface area contributed by atoms with E-state index in [4.69, 9.17) is 9.84 Å². The van der Waals surface area contributed by atoms with Crippen molar-refractivity contribution < 1.29 is 14.6 Å². The number of amides is 1. The molecule has 2 fully saturated rings. The van der Waals surface area contributed by atoms with Gasteiger partial charge in [-0.25, -0.2) is 0 Å². The van der Waals surface area contributed by atoms with Crippen LogP contribution in [-0.4, -0.2) is 53.2 Å². The van der Waals surface area contributed by atoms with Crippen LogP contribution in [0.25, 0.3) is 10.2 Å². The number of rotatable bonds is 4. The second-order valence-corrected chi connectivity index (χ2v) is 9.45. The van der Waals surface area contributed by atoms with Crippen molar-refractivity contribution in [2.75, 3.05) is 36.5 Å². The molecule has 8 heteroatoms. The van der Waals surface area contributed by atoms with E-state index in [-0.39, 0.29) is 12.0 Å². The van der Waals surface area contributed by atoms with Gasteiger partial charge in [0.05, 0.1) is 22.7 Å². The molecule has 2 aliphatic rings. The highest BCUT2D eigenvalue weighted by Crippen LogP contribution is 2.33. The first kappa shape index (κ1) is 20.5. The summed E-state index contributed by atoms with van der Waals surface area (Å²) in [7, 11) is 0. The number of nitrogens with one attached hydrogen (secondary N) is 1. The standard InChI is InChI=1S/C23H28N4O3S/c1-15-20-14-21(31-23(20)27(25-15)18-8-12-30-13-9-18)22(29)24-16-2-4-17(5-3-16)26-10-6-19(28)7-11-26/h2-5,14,18-19,28H,6-13H2,1H3,(H,24,29). The maximum absolute atomic E-state index is 12.9. The van der Waals surface area contributed by atoms with Crippen LogP contribution in [0.5, 0.6) is 0 Å². The number of carbonyl (C=O) groups excluding carboxylic acids is 1. The summed E-state index contributed by atoms with van der Waals surface area (Å²) in [5, 5.41) is 18.5. The predicted molar refractivity (Wildman–Crippen MR) is 123 cm³/mol. The topological polar surface area (TPSA) is 79.6 Å². The van der Waals surface area contributed by atoms with Gasteiger partial charge in [-0.2, -0.15) is 5.10 Å². The third-order valence-electron chi connectivity index (χ3n) is 6.28. The number of aliphatic hydroxyl groups is 1. The number of aromatic nitrogens is 2. The third kappa shape index (κ3) is 4.20. The van der Waals surface area contributed by atoms with E-state index in [9.17, 15) is 9.90 Å².